The Bertz CT molecular complexity index is 418. The first kappa shape index (κ1) is 13.1. The van der Waals surface area contributed by atoms with Crippen LogP contribution < -0.4 is 5.73 Å². The van der Waals surface area contributed by atoms with Gasteiger partial charge in [-0.15, -0.1) is 0 Å². The fourth-order valence-corrected chi connectivity index (χ4v) is 3.32. The summed E-state index contributed by atoms with van der Waals surface area (Å²) >= 11 is 0. The van der Waals surface area contributed by atoms with Crippen molar-refractivity contribution in [1.29, 1.82) is 0 Å². The van der Waals surface area contributed by atoms with Crippen molar-refractivity contribution in [2.45, 2.75) is 31.8 Å². The van der Waals surface area contributed by atoms with Gasteiger partial charge < -0.3 is 5.73 Å². The number of rotatable bonds is 3. The Morgan fingerprint density at radius 2 is 1.58 bits per heavy atom. The molecule has 2 unspecified atom stereocenters. The van der Waals surface area contributed by atoms with Crippen molar-refractivity contribution < 1.29 is 0 Å². The standard InChI is InChI=1S/C16H25N3/c1-12(2)13-3-5-14(6-4-13)16(17)15-11-18-7-9-19(15)10-8-18/h3-6,12,15-16H,7-11,17H2,1-2H3. The SMILES string of the molecule is CC(C)c1ccc(C(N)C2CN3CCN2CC3)cc1. The van der Waals surface area contributed by atoms with E-state index in [0.29, 0.717) is 12.0 Å². The van der Waals surface area contributed by atoms with E-state index in [4.69, 9.17) is 5.73 Å². The number of hydrogen-bond acceptors (Lipinski definition) is 3. The molecule has 3 nitrogen and oxygen atoms in total. The molecule has 1 aromatic carbocycles. The van der Waals surface area contributed by atoms with Crippen LogP contribution in [0, 0.1) is 0 Å². The molecule has 2 N–H and O–H groups in total. The van der Waals surface area contributed by atoms with Crippen molar-refractivity contribution in [2.75, 3.05) is 32.7 Å². The molecule has 0 aliphatic carbocycles. The second-order valence-electron chi connectivity index (χ2n) is 6.25. The summed E-state index contributed by atoms with van der Waals surface area (Å²) in [6.07, 6.45) is 0. The highest BCUT2D eigenvalue weighted by Gasteiger charge is 2.35. The molecule has 3 fully saturated rings. The lowest BCUT2D eigenvalue weighted by atomic mass is 9.93. The van der Waals surface area contributed by atoms with Gasteiger partial charge in [-0.25, -0.2) is 0 Å². The first-order chi connectivity index (χ1) is 9.15. The van der Waals surface area contributed by atoms with E-state index < -0.39 is 0 Å². The van der Waals surface area contributed by atoms with Gasteiger partial charge in [0.2, 0.25) is 0 Å². The molecule has 3 aliphatic rings. The molecule has 0 spiro atoms. The van der Waals surface area contributed by atoms with Gasteiger partial charge in [-0.1, -0.05) is 38.1 Å². The molecule has 0 amide bonds. The van der Waals surface area contributed by atoms with Gasteiger partial charge in [0.25, 0.3) is 0 Å². The highest BCUT2D eigenvalue weighted by atomic mass is 15.3. The summed E-state index contributed by atoms with van der Waals surface area (Å²) in [7, 11) is 0. The molecule has 19 heavy (non-hydrogen) atoms. The van der Waals surface area contributed by atoms with Crippen LogP contribution in [0.5, 0.6) is 0 Å². The zero-order valence-electron chi connectivity index (χ0n) is 12.0. The lowest BCUT2D eigenvalue weighted by molar-refractivity contribution is 0.00214. The summed E-state index contributed by atoms with van der Waals surface area (Å²) in [5, 5.41) is 0. The Kier molecular flexibility index (Phi) is 3.61. The van der Waals surface area contributed by atoms with E-state index in [2.05, 4.69) is 47.9 Å². The number of fused-ring (bicyclic) bond motifs is 3. The van der Waals surface area contributed by atoms with Crippen molar-refractivity contribution in [3.8, 4) is 0 Å². The topological polar surface area (TPSA) is 32.5 Å². The first-order valence-electron chi connectivity index (χ1n) is 7.47. The van der Waals surface area contributed by atoms with Gasteiger partial charge in [-0.2, -0.15) is 0 Å². The largest absolute Gasteiger partial charge is 0.323 e. The van der Waals surface area contributed by atoms with Gasteiger partial charge in [0, 0.05) is 44.8 Å². The van der Waals surface area contributed by atoms with Crippen molar-refractivity contribution in [1.82, 2.24) is 9.80 Å². The summed E-state index contributed by atoms with van der Waals surface area (Å²) in [6.45, 7) is 10.4. The fraction of sp³-hybridized carbons (Fsp3) is 0.625. The highest BCUT2D eigenvalue weighted by molar-refractivity contribution is 5.28. The average Bonchev–Trinajstić information content (AvgIpc) is 2.47. The van der Waals surface area contributed by atoms with E-state index in [0.717, 1.165) is 6.54 Å². The molecule has 3 saturated heterocycles. The Balaban J connectivity index is 1.74. The molecule has 4 rings (SSSR count). The van der Waals surface area contributed by atoms with Gasteiger partial charge in [0.1, 0.15) is 0 Å². The van der Waals surface area contributed by atoms with Crippen molar-refractivity contribution in [3.05, 3.63) is 35.4 Å². The fourth-order valence-electron chi connectivity index (χ4n) is 3.32. The van der Waals surface area contributed by atoms with Gasteiger partial charge >= 0.3 is 0 Å². The third kappa shape index (κ3) is 2.55. The quantitative estimate of drug-likeness (QED) is 0.898. The minimum absolute atomic E-state index is 0.143. The normalized spacial score (nSPS) is 31.7. The van der Waals surface area contributed by atoms with Crippen molar-refractivity contribution >= 4 is 0 Å². The van der Waals surface area contributed by atoms with E-state index >= 15 is 0 Å². The zero-order chi connectivity index (χ0) is 13.4. The Labute approximate surface area is 116 Å². The maximum atomic E-state index is 6.51. The molecule has 0 radical (unpaired) electrons. The van der Waals surface area contributed by atoms with Gasteiger partial charge in [-0.05, 0) is 17.0 Å². The third-order valence-corrected chi connectivity index (χ3v) is 4.72. The number of nitrogens with two attached hydrogens (primary N) is 1. The maximum Gasteiger partial charge on any atom is 0.0465 e. The zero-order valence-corrected chi connectivity index (χ0v) is 12.0. The van der Waals surface area contributed by atoms with Crippen LogP contribution in [0.1, 0.15) is 36.9 Å². The van der Waals surface area contributed by atoms with Crippen molar-refractivity contribution in [3.63, 3.8) is 0 Å². The molecular formula is C16H25N3. The summed E-state index contributed by atoms with van der Waals surface area (Å²) in [5.41, 5.74) is 9.19. The predicted molar refractivity (Wildman–Crippen MR) is 79.3 cm³/mol. The molecule has 1 aromatic rings. The molecule has 3 aliphatic heterocycles. The van der Waals surface area contributed by atoms with Crippen LogP contribution in [-0.2, 0) is 0 Å². The summed E-state index contributed by atoms with van der Waals surface area (Å²) in [5.74, 6) is 0.589. The first-order valence-corrected chi connectivity index (χ1v) is 7.47. The average molecular weight is 259 g/mol. The molecule has 0 aromatic heterocycles. The van der Waals surface area contributed by atoms with Crippen LogP contribution in [0.25, 0.3) is 0 Å². The van der Waals surface area contributed by atoms with Crippen LogP contribution in [0.15, 0.2) is 24.3 Å². The van der Waals surface area contributed by atoms with Crippen LogP contribution in [0.4, 0.5) is 0 Å². The maximum absolute atomic E-state index is 6.51. The Morgan fingerprint density at radius 1 is 1.00 bits per heavy atom. The summed E-state index contributed by atoms with van der Waals surface area (Å²) in [4.78, 5) is 5.12. The number of nitrogens with zero attached hydrogens (tertiary/aromatic N) is 2. The van der Waals surface area contributed by atoms with Gasteiger partial charge in [-0.3, -0.25) is 9.80 Å². The lowest BCUT2D eigenvalue weighted by Gasteiger charge is -2.49. The predicted octanol–water partition coefficient (Wildman–Crippen LogP) is 1.81. The van der Waals surface area contributed by atoms with E-state index in [9.17, 15) is 0 Å². The van der Waals surface area contributed by atoms with E-state index in [-0.39, 0.29) is 6.04 Å². The molecule has 0 saturated carbocycles. The highest BCUT2D eigenvalue weighted by Crippen LogP contribution is 2.26. The smallest absolute Gasteiger partial charge is 0.0465 e. The van der Waals surface area contributed by atoms with E-state index in [1.54, 1.807) is 0 Å². The van der Waals surface area contributed by atoms with E-state index in [1.165, 1.54) is 37.3 Å². The molecule has 2 atom stereocenters. The third-order valence-electron chi connectivity index (χ3n) is 4.72. The minimum atomic E-state index is 0.143. The number of hydrogen-bond donors (Lipinski definition) is 1. The van der Waals surface area contributed by atoms with E-state index in [1.807, 2.05) is 0 Å². The summed E-state index contributed by atoms with van der Waals surface area (Å²) in [6, 6.07) is 9.54. The van der Waals surface area contributed by atoms with Gasteiger partial charge in [0.05, 0.1) is 0 Å². The van der Waals surface area contributed by atoms with Crippen LogP contribution >= 0.6 is 0 Å². The Hall–Kier alpha value is -0.900. The monoisotopic (exact) mass is 259 g/mol. The number of piperazine rings is 3. The summed E-state index contributed by atoms with van der Waals surface area (Å²) < 4.78 is 0. The molecule has 3 heteroatoms. The molecule has 2 bridgehead atoms. The lowest BCUT2D eigenvalue weighted by Crippen LogP contribution is -2.63. The molecule has 104 valence electrons. The Morgan fingerprint density at radius 3 is 2.05 bits per heavy atom. The van der Waals surface area contributed by atoms with Gasteiger partial charge in [0.15, 0.2) is 0 Å². The van der Waals surface area contributed by atoms with Crippen LogP contribution in [-0.4, -0.2) is 48.6 Å². The second kappa shape index (κ2) is 5.23. The minimum Gasteiger partial charge on any atom is -0.323 e. The van der Waals surface area contributed by atoms with Crippen LogP contribution in [0.2, 0.25) is 0 Å². The van der Waals surface area contributed by atoms with Crippen LogP contribution in [0.3, 0.4) is 0 Å². The molecule has 3 heterocycles. The molecular weight excluding hydrogens is 234 g/mol. The van der Waals surface area contributed by atoms with Crippen molar-refractivity contribution in [2.24, 2.45) is 5.73 Å². The second-order valence-corrected chi connectivity index (χ2v) is 6.25. The number of benzene rings is 1.